The average Bonchev–Trinajstić information content (AvgIpc) is 2.98. The molecule has 2 N–H and O–H groups in total. The van der Waals surface area contributed by atoms with Crippen LogP contribution in [0.15, 0.2) is 78.9 Å². The molecule has 1 unspecified atom stereocenters. The van der Waals surface area contributed by atoms with Crippen LogP contribution in [0.2, 0.25) is 0 Å². The van der Waals surface area contributed by atoms with Crippen LogP contribution >= 0.6 is 0 Å². The summed E-state index contributed by atoms with van der Waals surface area (Å²) in [4.78, 5) is 24.0. The van der Waals surface area contributed by atoms with Crippen LogP contribution in [0.1, 0.15) is 22.7 Å². The molecule has 0 aromatic heterocycles. The van der Waals surface area contributed by atoms with Crippen molar-refractivity contribution in [1.82, 2.24) is 9.80 Å². The molecule has 1 heterocycles. The zero-order chi connectivity index (χ0) is 29.8. The Morgan fingerprint density at radius 2 is 1.34 bits per heavy atom. The van der Waals surface area contributed by atoms with Crippen molar-refractivity contribution in [2.24, 2.45) is 0 Å². The van der Waals surface area contributed by atoms with E-state index >= 15 is 0 Å². The lowest BCUT2D eigenvalue weighted by Crippen LogP contribution is -2.47. The number of aliphatic carboxylic acids is 2. The highest BCUT2D eigenvalue weighted by molar-refractivity contribution is 5.89. The van der Waals surface area contributed by atoms with E-state index in [1.807, 2.05) is 30.3 Å². The molecular weight excluding hydrogens is 531 g/mol. The smallest absolute Gasteiger partial charge is 0.328 e. The minimum atomic E-state index is -1.26. The number of carboxylic acids is 2. The minimum absolute atomic E-state index is 0.101. The molecule has 0 bridgehead atoms. The molecule has 9 nitrogen and oxygen atoms in total. The van der Waals surface area contributed by atoms with Crippen molar-refractivity contribution in [2.45, 2.75) is 12.6 Å². The number of carboxylic acid groups (broad SMARTS) is 2. The number of halogens is 1. The zero-order valence-corrected chi connectivity index (χ0v) is 23.3. The highest BCUT2D eigenvalue weighted by Crippen LogP contribution is 2.40. The fourth-order valence-corrected chi connectivity index (χ4v) is 4.75. The van der Waals surface area contributed by atoms with Crippen molar-refractivity contribution < 1.29 is 38.4 Å². The van der Waals surface area contributed by atoms with Crippen LogP contribution in [0.5, 0.6) is 17.2 Å². The molecule has 0 radical (unpaired) electrons. The highest BCUT2D eigenvalue weighted by Gasteiger charge is 2.27. The van der Waals surface area contributed by atoms with Crippen LogP contribution in [-0.4, -0.2) is 79.5 Å². The number of ether oxygens (including phenoxy) is 3. The van der Waals surface area contributed by atoms with Gasteiger partial charge in [-0.05, 0) is 29.3 Å². The van der Waals surface area contributed by atoms with Crippen molar-refractivity contribution in [3.63, 3.8) is 0 Å². The van der Waals surface area contributed by atoms with Gasteiger partial charge in [0.1, 0.15) is 5.82 Å². The Morgan fingerprint density at radius 1 is 0.780 bits per heavy atom. The third kappa shape index (κ3) is 8.79. The van der Waals surface area contributed by atoms with Crippen molar-refractivity contribution in [3.8, 4) is 17.2 Å². The fourth-order valence-electron chi connectivity index (χ4n) is 4.75. The Morgan fingerprint density at radius 3 is 1.85 bits per heavy atom. The summed E-state index contributed by atoms with van der Waals surface area (Å²) in [6, 6.07) is 21.4. The Bertz CT molecular complexity index is 1290. The van der Waals surface area contributed by atoms with Crippen molar-refractivity contribution in [1.29, 1.82) is 0 Å². The van der Waals surface area contributed by atoms with E-state index < -0.39 is 11.9 Å². The molecule has 0 spiro atoms. The zero-order valence-electron chi connectivity index (χ0n) is 23.3. The van der Waals surface area contributed by atoms with Gasteiger partial charge in [-0.25, -0.2) is 14.0 Å². The van der Waals surface area contributed by atoms with Crippen LogP contribution < -0.4 is 14.2 Å². The normalized spacial score (nSPS) is 14.5. The van der Waals surface area contributed by atoms with E-state index in [2.05, 4.69) is 34.1 Å². The summed E-state index contributed by atoms with van der Waals surface area (Å²) in [5, 5.41) is 15.6. The Labute approximate surface area is 239 Å². The maximum Gasteiger partial charge on any atom is 0.328 e. The lowest BCUT2D eigenvalue weighted by atomic mass is 9.96. The van der Waals surface area contributed by atoms with Gasteiger partial charge in [-0.3, -0.25) is 9.80 Å². The van der Waals surface area contributed by atoms with E-state index in [0.29, 0.717) is 29.4 Å². The Kier molecular flexibility index (Phi) is 11.7. The van der Waals surface area contributed by atoms with Crippen LogP contribution in [0.4, 0.5) is 4.39 Å². The van der Waals surface area contributed by atoms with Crippen LogP contribution in [0.3, 0.4) is 0 Å². The lowest BCUT2D eigenvalue weighted by molar-refractivity contribution is -0.134. The number of hydrogen-bond acceptors (Lipinski definition) is 7. The quantitative estimate of drug-likeness (QED) is 0.344. The summed E-state index contributed by atoms with van der Waals surface area (Å²) in [5.74, 6) is -0.726. The van der Waals surface area contributed by atoms with Gasteiger partial charge in [0.25, 0.3) is 0 Å². The summed E-state index contributed by atoms with van der Waals surface area (Å²) in [6.07, 6.45) is 1.12. The molecule has 41 heavy (non-hydrogen) atoms. The van der Waals surface area contributed by atoms with E-state index in [1.54, 1.807) is 33.5 Å². The van der Waals surface area contributed by atoms with Crippen LogP contribution in [0.25, 0.3) is 0 Å². The third-order valence-electron chi connectivity index (χ3n) is 6.62. The topological polar surface area (TPSA) is 109 Å². The van der Waals surface area contributed by atoms with Gasteiger partial charge in [-0.2, -0.15) is 0 Å². The van der Waals surface area contributed by atoms with E-state index in [1.165, 1.54) is 5.56 Å². The maximum absolute atomic E-state index is 13.6. The number of carbonyl (C=O) groups is 2. The molecule has 3 aromatic rings. The third-order valence-corrected chi connectivity index (χ3v) is 6.62. The molecule has 4 rings (SSSR count). The summed E-state index contributed by atoms with van der Waals surface area (Å²) in [7, 11) is 4.91. The molecule has 0 aliphatic carbocycles. The summed E-state index contributed by atoms with van der Waals surface area (Å²) < 4.78 is 30.2. The largest absolute Gasteiger partial charge is 0.493 e. The van der Waals surface area contributed by atoms with E-state index in [9.17, 15) is 14.0 Å². The first-order valence-corrected chi connectivity index (χ1v) is 13.0. The molecule has 10 heteroatoms. The van der Waals surface area contributed by atoms with Crippen molar-refractivity contribution in [2.75, 3.05) is 47.5 Å². The van der Waals surface area contributed by atoms with Crippen LogP contribution in [-0.2, 0) is 16.1 Å². The Balaban J connectivity index is 0.000000507. The van der Waals surface area contributed by atoms with Gasteiger partial charge < -0.3 is 24.4 Å². The predicted molar refractivity (Wildman–Crippen MR) is 152 cm³/mol. The molecule has 1 atom stereocenters. The molecule has 3 aromatic carbocycles. The van der Waals surface area contributed by atoms with Crippen molar-refractivity contribution >= 4 is 11.9 Å². The van der Waals surface area contributed by atoms with Gasteiger partial charge in [0.05, 0.1) is 27.4 Å². The van der Waals surface area contributed by atoms with Gasteiger partial charge in [-0.15, -0.1) is 0 Å². The molecule has 1 aliphatic heterocycles. The molecule has 218 valence electrons. The summed E-state index contributed by atoms with van der Waals surface area (Å²) >= 11 is 0. The Hall–Kier alpha value is -4.41. The van der Waals surface area contributed by atoms with Gasteiger partial charge in [0, 0.05) is 50.4 Å². The standard InChI is InChI=1S/C27H31FN2O3.C4H4O4/c1-31-24-14-11-22(26(32-2)27(24)33-3)19-29-15-17-30(18-16-29)25(20-7-5-4-6-8-20)21-9-12-23(28)13-10-21;5-3(6)1-2-4(7)8/h4-14,25H,15-19H2,1-3H3;1-2H,(H,5,6)(H,7,8)/b;2-1+. The van der Waals surface area contributed by atoms with Gasteiger partial charge in [-0.1, -0.05) is 48.5 Å². The average molecular weight is 567 g/mol. The molecular formula is C31H35FN2O7. The highest BCUT2D eigenvalue weighted by atomic mass is 19.1. The molecule has 0 saturated carbocycles. The molecule has 1 fully saturated rings. The van der Waals surface area contributed by atoms with E-state index in [-0.39, 0.29) is 11.9 Å². The number of piperazine rings is 1. The lowest BCUT2D eigenvalue weighted by Gasteiger charge is -2.40. The van der Waals surface area contributed by atoms with Crippen molar-refractivity contribution in [3.05, 3.63) is 101 Å². The molecule has 1 aliphatic rings. The number of hydrogen-bond donors (Lipinski definition) is 2. The SMILES string of the molecule is COc1ccc(CN2CCN(C(c3ccccc3)c3ccc(F)cc3)CC2)c(OC)c1OC.O=C(O)/C=C/C(=O)O. The second-order valence-electron chi connectivity index (χ2n) is 9.18. The number of benzene rings is 3. The predicted octanol–water partition coefficient (Wildman–Crippen LogP) is 4.47. The maximum atomic E-state index is 13.6. The first kappa shape index (κ1) is 31.1. The number of methoxy groups -OCH3 is 3. The first-order valence-electron chi connectivity index (χ1n) is 13.0. The monoisotopic (exact) mass is 566 g/mol. The van der Waals surface area contributed by atoms with Gasteiger partial charge in [0.15, 0.2) is 11.5 Å². The molecule has 1 saturated heterocycles. The van der Waals surface area contributed by atoms with Gasteiger partial charge in [0.2, 0.25) is 5.75 Å². The number of rotatable bonds is 10. The molecule has 0 amide bonds. The van der Waals surface area contributed by atoms with Gasteiger partial charge >= 0.3 is 11.9 Å². The minimum Gasteiger partial charge on any atom is -0.493 e. The van der Waals surface area contributed by atoms with Crippen LogP contribution in [0, 0.1) is 5.82 Å². The fraction of sp³-hybridized carbons (Fsp3) is 0.290. The van der Waals surface area contributed by atoms with E-state index in [0.717, 1.165) is 43.9 Å². The summed E-state index contributed by atoms with van der Waals surface area (Å²) in [6.45, 7) is 4.42. The van der Waals surface area contributed by atoms with E-state index in [4.69, 9.17) is 24.4 Å². The second kappa shape index (κ2) is 15.4. The summed E-state index contributed by atoms with van der Waals surface area (Å²) in [5.41, 5.74) is 3.40. The number of nitrogens with zero attached hydrogens (tertiary/aromatic N) is 2. The second-order valence-corrected chi connectivity index (χ2v) is 9.18. The first-order chi connectivity index (χ1) is 19.8.